The summed E-state index contributed by atoms with van der Waals surface area (Å²) in [6.45, 7) is 6.95. The number of carbonyl (C=O) groups is 2. The van der Waals surface area contributed by atoms with Crippen LogP contribution in [0, 0.1) is 6.92 Å². The topological polar surface area (TPSA) is 89.0 Å². The Morgan fingerprint density at radius 3 is 2.65 bits per heavy atom. The van der Waals surface area contributed by atoms with E-state index in [1.54, 1.807) is 6.20 Å². The van der Waals surface area contributed by atoms with Crippen molar-refractivity contribution in [2.75, 3.05) is 19.7 Å². The summed E-state index contributed by atoms with van der Waals surface area (Å²) in [7, 11) is 0. The average molecular weight is 446 g/mol. The van der Waals surface area contributed by atoms with E-state index < -0.39 is 12.1 Å². The average Bonchev–Trinajstić information content (AvgIpc) is 2.69. The van der Waals surface area contributed by atoms with Crippen molar-refractivity contribution in [3.05, 3.63) is 29.6 Å². The molecule has 7 nitrogen and oxygen atoms in total. The maximum atomic E-state index is 12.1. The molecule has 0 bridgehead atoms. The van der Waals surface area contributed by atoms with Crippen molar-refractivity contribution in [3.63, 3.8) is 0 Å². The van der Waals surface area contributed by atoms with E-state index in [0.29, 0.717) is 19.6 Å². The molecule has 1 amide bonds. The van der Waals surface area contributed by atoms with E-state index >= 15 is 0 Å². The number of hydrogen-bond donors (Lipinski definition) is 1. The molecule has 1 atom stereocenters. The molecule has 0 saturated carbocycles. The van der Waals surface area contributed by atoms with Crippen molar-refractivity contribution in [1.82, 2.24) is 9.88 Å². The normalized spacial score (nSPS) is 19.9. The van der Waals surface area contributed by atoms with Gasteiger partial charge in [-0.25, -0.2) is 4.79 Å². The molecule has 0 aromatic carbocycles. The zero-order chi connectivity index (χ0) is 23.1. The summed E-state index contributed by atoms with van der Waals surface area (Å²) in [6.07, 6.45) is 3.29. The van der Waals surface area contributed by atoms with Gasteiger partial charge in [-0.2, -0.15) is 13.2 Å². The van der Waals surface area contributed by atoms with Crippen molar-refractivity contribution in [2.24, 2.45) is 0 Å². The van der Waals surface area contributed by atoms with Gasteiger partial charge in [-0.1, -0.05) is 13.3 Å². The second kappa shape index (κ2) is 10.9. The van der Waals surface area contributed by atoms with Crippen LogP contribution in [0.2, 0.25) is 0 Å². The molecule has 2 fully saturated rings. The van der Waals surface area contributed by atoms with Crippen LogP contribution < -0.4 is 0 Å². The van der Waals surface area contributed by atoms with Gasteiger partial charge in [0.15, 0.2) is 0 Å². The Morgan fingerprint density at radius 2 is 2.06 bits per heavy atom. The number of carboxylic acid groups (broad SMARTS) is 1. The number of pyridine rings is 1. The maximum Gasteiger partial charge on any atom is 0.490 e. The number of aliphatic carboxylic acids is 1. The Bertz CT molecular complexity index is 751. The minimum absolute atomic E-state index is 0.172. The van der Waals surface area contributed by atoms with Gasteiger partial charge in [0, 0.05) is 31.8 Å². The van der Waals surface area contributed by atoms with Crippen molar-refractivity contribution in [1.29, 1.82) is 0 Å². The minimum Gasteiger partial charge on any atom is -0.475 e. The standard InChI is InChI=1S/C19H28N2O3.C2HF3O2/c1-3-4-5-18(22)21-13-19(14-21)10-17(7-9-24-19)23-12-16-11-20-8-6-15(16)2;3-2(4,5)1(6)7/h6,8,11,17H,3-5,7,9-10,12-14H2,1-2H3;(H,6,7). The lowest BCUT2D eigenvalue weighted by Crippen LogP contribution is -2.67. The van der Waals surface area contributed by atoms with Crippen molar-refractivity contribution in [3.8, 4) is 0 Å². The molecular formula is C21H29F3N2O5. The molecule has 174 valence electrons. The van der Waals surface area contributed by atoms with E-state index in [-0.39, 0.29) is 17.6 Å². The molecule has 0 aliphatic carbocycles. The molecule has 1 N–H and O–H groups in total. The molecule has 1 aromatic heterocycles. The van der Waals surface area contributed by atoms with Crippen LogP contribution in [-0.4, -0.2) is 64.4 Å². The summed E-state index contributed by atoms with van der Waals surface area (Å²) in [6, 6.07) is 2.01. The van der Waals surface area contributed by atoms with Gasteiger partial charge in [-0.15, -0.1) is 0 Å². The van der Waals surface area contributed by atoms with Gasteiger partial charge in [0.1, 0.15) is 5.60 Å². The van der Waals surface area contributed by atoms with Gasteiger partial charge in [-0.05, 0) is 37.0 Å². The summed E-state index contributed by atoms with van der Waals surface area (Å²) in [4.78, 5) is 27.1. The van der Waals surface area contributed by atoms with Crippen LogP contribution in [0.25, 0.3) is 0 Å². The first kappa shape index (κ1) is 25.1. The van der Waals surface area contributed by atoms with E-state index in [0.717, 1.165) is 44.3 Å². The first-order valence-electron chi connectivity index (χ1n) is 10.3. The highest BCUT2D eigenvalue weighted by Gasteiger charge is 2.49. The van der Waals surface area contributed by atoms with Gasteiger partial charge >= 0.3 is 12.1 Å². The Morgan fingerprint density at radius 1 is 1.39 bits per heavy atom. The van der Waals surface area contributed by atoms with Gasteiger partial charge in [-0.3, -0.25) is 9.78 Å². The van der Waals surface area contributed by atoms with Crippen LogP contribution in [0.4, 0.5) is 13.2 Å². The van der Waals surface area contributed by atoms with Gasteiger partial charge in [0.25, 0.3) is 0 Å². The third kappa shape index (κ3) is 7.46. The number of aryl methyl sites for hydroxylation is 1. The molecule has 1 spiro atoms. The smallest absolute Gasteiger partial charge is 0.475 e. The van der Waals surface area contributed by atoms with Crippen LogP contribution in [0.3, 0.4) is 0 Å². The third-order valence-electron chi connectivity index (χ3n) is 5.37. The lowest BCUT2D eigenvalue weighted by molar-refractivity contribution is -0.202. The van der Waals surface area contributed by atoms with Crippen molar-refractivity contribution in [2.45, 2.75) is 70.4 Å². The molecule has 3 heterocycles. The number of rotatable bonds is 6. The van der Waals surface area contributed by atoms with E-state index in [1.807, 2.05) is 17.2 Å². The predicted molar refractivity (Wildman–Crippen MR) is 105 cm³/mol. The van der Waals surface area contributed by atoms with E-state index in [4.69, 9.17) is 19.4 Å². The highest BCUT2D eigenvalue weighted by atomic mass is 19.4. The maximum absolute atomic E-state index is 12.1. The first-order valence-corrected chi connectivity index (χ1v) is 10.3. The van der Waals surface area contributed by atoms with Gasteiger partial charge in [0.05, 0.1) is 25.8 Å². The fourth-order valence-electron chi connectivity index (χ4n) is 3.51. The number of halogens is 3. The second-order valence-corrected chi connectivity index (χ2v) is 7.92. The summed E-state index contributed by atoms with van der Waals surface area (Å²) >= 11 is 0. The second-order valence-electron chi connectivity index (χ2n) is 7.92. The van der Waals surface area contributed by atoms with Crippen molar-refractivity contribution >= 4 is 11.9 Å². The molecule has 1 aromatic rings. The summed E-state index contributed by atoms with van der Waals surface area (Å²) in [5.74, 6) is -2.49. The zero-order valence-corrected chi connectivity index (χ0v) is 17.8. The monoisotopic (exact) mass is 446 g/mol. The molecular weight excluding hydrogens is 417 g/mol. The quantitative estimate of drug-likeness (QED) is 0.720. The van der Waals surface area contributed by atoms with Crippen LogP contribution in [0.15, 0.2) is 18.5 Å². The van der Waals surface area contributed by atoms with Crippen LogP contribution in [-0.2, 0) is 25.7 Å². The highest BCUT2D eigenvalue weighted by Crippen LogP contribution is 2.36. The zero-order valence-electron chi connectivity index (χ0n) is 17.8. The van der Waals surface area contributed by atoms with Gasteiger partial charge < -0.3 is 19.5 Å². The molecule has 31 heavy (non-hydrogen) atoms. The summed E-state index contributed by atoms with van der Waals surface area (Å²) < 4.78 is 43.9. The predicted octanol–water partition coefficient (Wildman–Crippen LogP) is 3.49. The number of alkyl halides is 3. The number of carboxylic acids is 1. The third-order valence-corrected chi connectivity index (χ3v) is 5.37. The number of ether oxygens (including phenoxy) is 2. The number of likely N-dealkylation sites (tertiary alicyclic amines) is 1. The Labute approximate surface area is 179 Å². The van der Waals surface area contributed by atoms with E-state index in [9.17, 15) is 18.0 Å². The van der Waals surface area contributed by atoms with Crippen LogP contribution in [0.5, 0.6) is 0 Å². The summed E-state index contributed by atoms with van der Waals surface area (Å²) in [5.41, 5.74) is 2.18. The van der Waals surface area contributed by atoms with Crippen molar-refractivity contribution < 1.29 is 37.3 Å². The SMILES string of the molecule is CCCCC(=O)N1CC2(CC(OCc3cnccc3C)CCO2)C1.O=C(O)C(F)(F)F. The van der Waals surface area contributed by atoms with E-state index in [2.05, 4.69) is 18.8 Å². The van der Waals surface area contributed by atoms with E-state index in [1.165, 1.54) is 5.56 Å². The highest BCUT2D eigenvalue weighted by molar-refractivity contribution is 5.77. The number of amides is 1. The number of aromatic nitrogens is 1. The summed E-state index contributed by atoms with van der Waals surface area (Å²) in [5, 5.41) is 7.12. The molecule has 2 aliphatic rings. The minimum atomic E-state index is -5.08. The number of nitrogens with zero attached hydrogens (tertiary/aromatic N) is 2. The lowest BCUT2D eigenvalue weighted by Gasteiger charge is -2.53. The Balaban J connectivity index is 0.000000423. The molecule has 10 heteroatoms. The largest absolute Gasteiger partial charge is 0.490 e. The Kier molecular flexibility index (Phi) is 8.81. The molecule has 0 radical (unpaired) electrons. The lowest BCUT2D eigenvalue weighted by atomic mass is 9.84. The molecule has 3 rings (SSSR count). The molecule has 1 unspecified atom stereocenters. The molecule has 2 aliphatic heterocycles. The first-order chi connectivity index (χ1) is 14.6. The fourth-order valence-corrected chi connectivity index (χ4v) is 3.51. The molecule has 2 saturated heterocycles. The van der Waals surface area contributed by atoms with Crippen LogP contribution in [0.1, 0.15) is 50.2 Å². The Hall–Kier alpha value is -2.20. The number of hydrogen-bond acceptors (Lipinski definition) is 5. The number of carbonyl (C=O) groups excluding carboxylic acids is 1. The van der Waals surface area contributed by atoms with Gasteiger partial charge in [0.2, 0.25) is 5.91 Å². The van der Waals surface area contributed by atoms with Crippen LogP contribution >= 0.6 is 0 Å². The number of unbranched alkanes of at least 4 members (excludes halogenated alkanes) is 1. The fraction of sp³-hybridized carbons (Fsp3) is 0.667.